The second kappa shape index (κ2) is 16.2. The quantitative estimate of drug-likeness (QED) is 0.136. The average molecular weight is 559 g/mol. The lowest BCUT2D eigenvalue weighted by Crippen LogP contribution is -2.51. The summed E-state index contributed by atoms with van der Waals surface area (Å²) >= 11 is 0. The molecule has 0 saturated heterocycles. The Morgan fingerprint density at radius 1 is 0.902 bits per heavy atom. The summed E-state index contributed by atoms with van der Waals surface area (Å²) in [5.74, 6) is 9.10. The SMILES string of the molecule is C.C[C@@H](O)[C@H](NC(=O)c1ccc(C#CC#Cc2ccc(NC(=O)CNCc3ccccc3F)cc2)cc1)C(=O)NO. The van der Waals surface area contributed by atoms with E-state index >= 15 is 0 Å². The van der Waals surface area contributed by atoms with Crippen molar-refractivity contribution in [2.24, 2.45) is 0 Å². The van der Waals surface area contributed by atoms with Crippen molar-refractivity contribution in [1.82, 2.24) is 16.1 Å². The number of carbonyl (C=O) groups excluding carboxylic acids is 3. The summed E-state index contributed by atoms with van der Waals surface area (Å²) in [6, 6.07) is 18.2. The van der Waals surface area contributed by atoms with E-state index in [9.17, 15) is 23.9 Å². The van der Waals surface area contributed by atoms with Crippen LogP contribution in [0.1, 0.15) is 41.4 Å². The van der Waals surface area contributed by atoms with E-state index in [-0.39, 0.29) is 37.8 Å². The number of amides is 3. The second-order valence-corrected chi connectivity index (χ2v) is 8.57. The zero-order valence-corrected chi connectivity index (χ0v) is 21.5. The number of benzene rings is 3. The number of carbonyl (C=O) groups is 3. The molecule has 0 aliphatic heterocycles. The fraction of sp³-hybridized carbons (Fsp3) is 0.194. The van der Waals surface area contributed by atoms with E-state index in [1.165, 1.54) is 30.6 Å². The van der Waals surface area contributed by atoms with E-state index in [2.05, 4.69) is 39.6 Å². The maximum Gasteiger partial charge on any atom is 0.268 e. The molecule has 3 amide bonds. The third kappa shape index (κ3) is 10.2. The minimum absolute atomic E-state index is 0. The molecule has 0 heterocycles. The van der Waals surface area contributed by atoms with Gasteiger partial charge in [0.2, 0.25) is 5.91 Å². The van der Waals surface area contributed by atoms with Crippen LogP contribution in [0.5, 0.6) is 0 Å². The number of anilines is 1. The van der Waals surface area contributed by atoms with Crippen molar-refractivity contribution in [2.45, 2.75) is 33.0 Å². The molecule has 3 aromatic carbocycles. The molecular weight excluding hydrogens is 527 g/mol. The third-order valence-electron chi connectivity index (χ3n) is 5.51. The minimum Gasteiger partial charge on any atom is -0.391 e. The first-order chi connectivity index (χ1) is 19.3. The third-order valence-corrected chi connectivity index (χ3v) is 5.51. The van der Waals surface area contributed by atoms with Gasteiger partial charge in [0.05, 0.1) is 12.6 Å². The molecular formula is C31H31FN4O5. The summed E-state index contributed by atoms with van der Waals surface area (Å²) in [5, 5.41) is 26.4. The Kier molecular flexibility index (Phi) is 12.7. The summed E-state index contributed by atoms with van der Waals surface area (Å²) in [5.41, 5.74) is 4.01. The topological polar surface area (TPSA) is 140 Å². The fourth-order valence-corrected chi connectivity index (χ4v) is 3.41. The Morgan fingerprint density at radius 3 is 2.05 bits per heavy atom. The number of hydroxylamine groups is 1. The van der Waals surface area contributed by atoms with Gasteiger partial charge in [-0.05, 0) is 73.4 Å². The van der Waals surface area contributed by atoms with Crippen LogP contribution in [0.2, 0.25) is 0 Å². The summed E-state index contributed by atoms with van der Waals surface area (Å²) in [6.45, 7) is 1.58. The van der Waals surface area contributed by atoms with E-state index in [1.54, 1.807) is 54.6 Å². The van der Waals surface area contributed by atoms with Gasteiger partial charge < -0.3 is 21.1 Å². The van der Waals surface area contributed by atoms with Gasteiger partial charge in [0.15, 0.2) is 0 Å². The van der Waals surface area contributed by atoms with Crippen LogP contribution in [0.4, 0.5) is 10.1 Å². The Labute approximate surface area is 238 Å². The summed E-state index contributed by atoms with van der Waals surface area (Å²) < 4.78 is 13.6. The van der Waals surface area contributed by atoms with Crippen LogP contribution >= 0.6 is 0 Å². The van der Waals surface area contributed by atoms with E-state index in [4.69, 9.17) is 5.21 Å². The smallest absolute Gasteiger partial charge is 0.268 e. The van der Waals surface area contributed by atoms with Crippen molar-refractivity contribution in [2.75, 3.05) is 11.9 Å². The van der Waals surface area contributed by atoms with Gasteiger partial charge in [0.25, 0.3) is 11.8 Å². The van der Waals surface area contributed by atoms with Crippen LogP contribution in [0.3, 0.4) is 0 Å². The van der Waals surface area contributed by atoms with Crippen molar-refractivity contribution in [1.29, 1.82) is 0 Å². The highest BCUT2D eigenvalue weighted by atomic mass is 19.1. The first-order valence-corrected chi connectivity index (χ1v) is 12.2. The Morgan fingerprint density at radius 2 is 1.49 bits per heavy atom. The average Bonchev–Trinajstić information content (AvgIpc) is 2.95. The van der Waals surface area contributed by atoms with E-state index in [1.807, 2.05) is 0 Å². The predicted molar refractivity (Wildman–Crippen MR) is 153 cm³/mol. The highest BCUT2D eigenvalue weighted by Crippen LogP contribution is 2.09. The number of nitrogens with one attached hydrogen (secondary N) is 4. The summed E-state index contributed by atoms with van der Waals surface area (Å²) in [4.78, 5) is 36.0. The second-order valence-electron chi connectivity index (χ2n) is 8.57. The van der Waals surface area contributed by atoms with Gasteiger partial charge in [-0.1, -0.05) is 37.5 Å². The normalized spacial score (nSPS) is 11.2. The molecule has 0 aromatic heterocycles. The first-order valence-electron chi connectivity index (χ1n) is 12.2. The first kappa shape index (κ1) is 32.2. The number of hydrogen-bond acceptors (Lipinski definition) is 6. The molecule has 3 aromatic rings. The van der Waals surface area contributed by atoms with Crippen molar-refractivity contribution in [3.8, 4) is 23.7 Å². The van der Waals surface area contributed by atoms with Crippen LogP contribution in [-0.2, 0) is 16.1 Å². The Hall–Kier alpha value is -5.00. The molecule has 0 bridgehead atoms. The van der Waals surface area contributed by atoms with Gasteiger partial charge in [-0.3, -0.25) is 19.6 Å². The van der Waals surface area contributed by atoms with Crippen molar-refractivity contribution < 1.29 is 29.1 Å². The molecule has 0 unspecified atom stereocenters. The lowest BCUT2D eigenvalue weighted by Gasteiger charge is -2.19. The van der Waals surface area contributed by atoms with Crippen LogP contribution in [0, 0.1) is 29.5 Å². The molecule has 0 aliphatic rings. The molecule has 9 nitrogen and oxygen atoms in total. The molecule has 41 heavy (non-hydrogen) atoms. The lowest BCUT2D eigenvalue weighted by molar-refractivity contribution is -0.133. The van der Waals surface area contributed by atoms with Gasteiger partial charge in [-0.2, -0.15) is 0 Å². The van der Waals surface area contributed by atoms with Crippen LogP contribution < -0.4 is 21.4 Å². The molecule has 0 spiro atoms. The van der Waals surface area contributed by atoms with Crippen LogP contribution in [0.15, 0.2) is 72.8 Å². The zero-order valence-electron chi connectivity index (χ0n) is 21.5. The van der Waals surface area contributed by atoms with Gasteiger partial charge in [0, 0.05) is 34.5 Å². The van der Waals surface area contributed by atoms with Crippen LogP contribution in [0.25, 0.3) is 0 Å². The summed E-state index contributed by atoms with van der Waals surface area (Å²) in [6.07, 6.45) is -1.21. The summed E-state index contributed by atoms with van der Waals surface area (Å²) in [7, 11) is 0. The Balaban J connectivity index is 0.00000588. The zero-order chi connectivity index (χ0) is 28.9. The Bertz CT molecular complexity index is 1470. The molecule has 2 atom stereocenters. The minimum atomic E-state index is -1.31. The predicted octanol–water partition coefficient (Wildman–Crippen LogP) is 2.58. The lowest BCUT2D eigenvalue weighted by atomic mass is 10.1. The van der Waals surface area contributed by atoms with Gasteiger partial charge in [-0.15, -0.1) is 0 Å². The molecule has 0 aliphatic carbocycles. The van der Waals surface area contributed by atoms with Gasteiger partial charge in [0.1, 0.15) is 11.9 Å². The van der Waals surface area contributed by atoms with E-state index < -0.39 is 24.0 Å². The highest BCUT2D eigenvalue weighted by molar-refractivity contribution is 5.97. The molecule has 0 saturated carbocycles. The molecule has 6 N–H and O–H groups in total. The molecule has 10 heteroatoms. The van der Waals surface area contributed by atoms with Gasteiger partial charge in [-0.25, -0.2) is 9.87 Å². The molecule has 0 radical (unpaired) electrons. The monoisotopic (exact) mass is 558 g/mol. The van der Waals surface area contributed by atoms with E-state index in [0.29, 0.717) is 22.4 Å². The maximum absolute atomic E-state index is 13.6. The number of rotatable bonds is 9. The fourth-order valence-electron chi connectivity index (χ4n) is 3.41. The number of aliphatic hydroxyl groups excluding tert-OH is 1. The maximum atomic E-state index is 13.6. The van der Waals surface area contributed by atoms with Gasteiger partial charge >= 0.3 is 0 Å². The number of aliphatic hydroxyl groups is 1. The molecule has 0 fully saturated rings. The van der Waals surface area contributed by atoms with Crippen molar-refractivity contribution in [3.05, 3.63) is 101 Å². The van der Waals surface area contributed by atoms with Crippen LogP contribution in [-0.4, -0.2) is 46.7 Å². The standard InChI is InChI=1S/C30H27FN4O5.CH4/c1-20(36)28(30(39)35-40)34-29(38)23-14-10-21(11-15-23)6-2-3-7-22-12-16-25(17-13-22)33-27(37)19-32-18-24-8-4-5-9-26(24)31;/h4-5,8-17,20,28,32,36,40H,18-19H2,1H3,(H,33,37)(H,34,38)(H,35,39);1H4/t20-,28+;/m1./s1. The number of halogens is 1. The molecule has 212 valence electrons. The highest BCUT2D eigenvalue weighted by Gasteiger charge is 2.25. The largest absolute Gasteiger partial charge is 0.391 e. The number of hydrogen-bond donors (Lipinski definition) is 6. The molecule has 3 rings (SSSR count). The van der Waals surface area contributed by atoms with Crippen molar-refractivity contribution in [3.63, 3.8) is 0 Å². The van der Waals surface area contributed by atoms with Crippen molar-refractivity contribution >= 4 is 23.4 Å². The van der Waals surface area contributed by atoms with E-state index in [0.717, 1.165) is 0 Å².